The molecule has 0 amide bonds. The molecule has 4 heteroatoms. The summed E-state index contributed by atoms with van der Waals surface area (Å²) < 4.78 is 1.44. The zero-order valence-corrected chi connectivity index (χ0v) is 6.66. The maximum Gasteiger partial charge on any atom is 0.257 e. The van der Waals surface area contributed by atoms with Gasteiger partial charge in [0.05, 0.1) is 0 Å². The van der Waals surface area contributed by atoms with E-state index >= 15 is 0 Å². The zero-order chi connectivity index (χ0) is 8.43. The third kappa shape index (κ3) is 1.24. The van der Waals surface area contributed by atoms with Crippen LogP contribution < -0.4 is 11.3 Å². The smallest absolute Gasteiger partial charge is 0.257 e. The second-order valence-corrected chi connectivity index (χ2v) is 2.35. The molecule has 0 bridgehead atoms. The summed E-state index contributed by atoms with van der Waals surface area (Å²) in [6.07, 6.45) is 1.49. The van der Waals surface area contributed by atoms with E-state index in [9.17, 15) is 4.79 Å². The van der Waals surface area contributed by atoms with Crippen molar-refractivity contribution in [2.75, 3.05) is 5.73 Å². The minimum atomic E-state index is -0.0556. The predicted octanol–water partition coefficient (Wildman–Crippen LogP) is 0.154. The Kier molecular flexibility index (Phi) is 1.94. The molecule has 11 heavy (non-hydrogen) atoms. The van der Waals surface area contributed by atoms with Gasteiger partial charge in [-0.05, 0) is 13.8 Å². The number of anilines is 1. The molecule has 0 aliphatic heterocycles. The van der Waals surface area contributed by atoms with Crippen molar-refractivity contribution in [1.82, 2.24) is 9.55 Å². The fraction of sp³-hybridized carbons (Fsp3) is 0.429. The Labute approximate surface area is 64.7 Å². The Morgan fingerprint density at radius 2 is 2.36 bits per heavy atom. The maximum absolute atomic E-state index is 11.3. The number of nitrogen functional groups attached to an aromatic ring is 1. The molecule has 0 aliphatic carbocycles. The first-order valence-corrected chi connectivity index (χ1v) is 3.48. The van der Waals surface area contributed by atoms with Gasteiger partial charge in [0.25, 0.3) is 5.56 Å². The van der Waals surface area contributed by atoms with Gasteiger partial charge in [-0.15, -0.1) is 0 Å². The summed E-state index contributed by atoms with van der Waals surface area (Å²) in [6, 6.07) is 0. The summed E-state index contributed by atoms with van der Waals surface area (Å²) in [5.41, 5.74) is 6.02. The molecule has 1 aromatic heterocycles. The van der Waals surface area contributed by atoms with Crippen LogP contribution in [-0.4, -0.2) is 9.55 Å². The number of nitrogens with zero attached hydrogens (tertiary/aromatic N) is 2. The van der Waals surface area contributed by atoms with Crippen LogP contribution in [0.1, 0.15) is 12.5 Å². The van der Waals surface area contributed by atoms with Crippen LogP contribution in [0.2, 0.25) is 0 Å². The zero-order valence-electron chi connectivity index (χ0n) is 6.66. The van der Waals surface area contributed by atoms with Gasteiger partial charge >= 0.3 is 0 Å². The average Bonchev–Trinajstić information content (AvgIpc) is 1.99. The normalized spacial score (nSPS) is 10.0. The van der Waals surface area contributed by atoms with E-state index in [4.69, 9.17) is 5.73 Å². The first kappa shape index (κ1) is 7.78. The summed E-state index contributed by atoms with van der Waals surface area (Å²) in [7, 11) is 0. The van der Waals surface area contributed by atoms with Crippen molar-refractivity contribution in [3.63, 3.8) is 0 Å². The first-order chi connectivity index (χ1) is 5.16. The molecule has 0 radical (unpaired) electrons. The molecule has 0 unspecified atom stereocenters. The molecule has 0 spiro atoms. The van der Waals surface area contributed by atoms with Crippen molar-refractivity contribution in [1.29, 1.82) is 0 Å². The number of hydrogen-bond donors (Lipinski definition) is 1. The highest BCUT2D eigenvalue weighted by Crippen LogP contribution is 1.93. The second-order valence-electron chi connectivity index (χ2n) is 2.35. The van der Waals surface area contributed by atoms with Crippen LogP contribution in [0.3, 0.4) is 0 Å². The largest absolute Gasteiger partial charge is 0.369 e. The highest BCUT2D eigenvalue weighted by atomic mass is 16.1. The lowest BCUT2D eigenvalue weighted by molar-refractivity contribution is 0.714. The van der Waals surface area contributed by atoms with Crippen LogP contribution in [0.4, 0.5) is 5.95 Å². The Morgan fingerprint density at radius 1 is 1.73 bits per heavy atom. The minimum Gasteiger partial charge on any atom is -0.369 e. The van der Waals surface area contributed by atoms with Gasteiger partial charge in [0, 0.05) is 18.3 Å². The van der Waals surface area contributed by atoms with Crippen LogP contribution in [0.15, 0.2) is 11.0 Å². The number of aromatic nitrogens is 2. The van der Waals surface area contributed by atoms with E-state index in [1.54, 1.807) is 6.92 Å². The number of nitrogens with two attached hydrogens (primary N) is 1. The molecule has 0 saturated carbocycles. The molecule has 60 valence electrons. The van der Waals surface area contributed by atoms with Crippen LogP contribution in [0, 0.1) is 6.92 Å². The Hall–Kier alpha value is -1.32. The van der Waals surface area contributed by atoms with Crippen molar-refractivity contribution in [2.45, 2.75) is 20.4 Å². The predicted molar refractivity (Wildman–Crippen MR) is 43.3 cm³/mol. The Balaban J connectivity index is 3.41. The highest BCUT2D eigenvalue weighted by Gasteiger charge is 2.00. The van der Waals surface area contributed by atoms with Gasteiger partial charge in [0.15, 0.2) is 0 Å². The second kappa shape index (κ2) is 2.74. The molecule has 0 saturated heterocycles. The van der Waals surface area contributed by atoms with Crippen LogP contribution in [-0.2, 0) is 6.54 Å². The summed E-state index contributed by atoms with van der Waals surface area (Å²) in [5.74, 6) is 0.281. The van der Waals surface area contributed by atoms with E-state index in [2.05, 4.69) is 4.98 Å². The Bertz CT molecular complexity index is 316. The third-order valence-corrected chi connectivity index (χ3v) is 1.57. The van der Waals surface area contributed by atoms with Crippen LogP contribution >= 0.6 is 0 Å². The van der Waals surface area contributed by atoms with Crippen molar-refractivity contribution in [3.8, 4) is 0 Å². The van der Waals surface area contributed by atoms with E-state index in [1.807, 2.05) is 6.92 Å². The summed E-state index contributed by atoms with van der Waals surface area (Å²) >= 11 is 0. The minimum absolute atomic E-state index is 0.0556. The van der Waals surface area contributed by atoms with E-state index in [0.29, 0.717) is 12.1 Å². The standard InChI is InChI=1S/C7H11N3O/c1-3-10-6(11)5(2)4-9-7(10)8/h4H,3H2,1-2H3,(H2,8,9). The summed E-state index contributed by atoms with van der Waals surface area (Å²) in [6.45, 7) is 4.15. The lowest BCUT2D eigenvalue weighted by Gasteiger charge is -2.04. The maximum atomic E-state index is 11.3. The van der Waals surface area contributed by atoms with E-state index in [-0.39, 0.29) is 11.5 Å². The van der Waals surface area contributed by atoms with E-state index in [0.717, 1.165) is 0 Å². The average molecular weight is 153 g/mol. The quantitative estimate of drug-likeness (QED) is 0.624. The molecule has 1 heterocycles. The molecule has 2 N–H and O–H groups in total. The van der Waals surface area contributed by atoms with Gasteiger partial charge in [-0.3, -0.25) is 9.36 Å². The number of hydrogen-bond acceptors (Lipinski definition) is 3. The molecular formula is C7H11N3O. The topological polar surface area (TPSA) is 60.9 Å². The lowest BCUT2D eigenvalue weighted by Crippen LogP contribution is -2.24. The molecule has 4 nitrogen and oxygen atoms in total. The summed E-state index contributed by atoms with van der Waals surface area (Å²) in [5, 5.41) is 0. The van der Waals surface area contributed by atoms with E-state index < -0.39 is 0 Å². The van der Waals surface area contributed by atoms with Crippen molar-refractivity contribution >= 4 is 5.95 Å². The molecule has 1 aromatic rings. The van der Waals surface area contributed by atoms with Crippen molar-refractivity contribution in [3.05, 3.63) is 22.1 Å². The first-order valence-electron chi connectivity index (χ1n) is 3.48. The Morgan fingerprint density at radius 3 is 2.82 bits per heavy atom. The van der Waals surface area contributed by atoms with Crippen LogP contribution in [0.25, 0.3) is 0 Å². The SMILES string of the molecule is CCn1c(N)ncc(C)c1=O. The van der Waals surface area contributed by atoms with Gasteiger partial charge in [0.2, 0.25) is 5.95 Å². The number of aryl methyl sites for hydroxylation is 1. The molecule has 0 aromatic carbocycles. The van der Waals surface area contributed by atoms with Crippen molar-refractivity contribution in [2.24, 2.45) is 0 Å². The monoisotopic (exact) mass is 153 g/mol. The van der Waals surface area contributed by atoms with Gasteiger partial charge in [-0.1, -0.05) is 0 Å². The molecule has 1 rings (SSSR count). The molecule has 0 atom stereocenters. The van der Waals surface area contributed by atoms with Gasteiger partial charge in [-0.25, -0.2) is 4.98 Å². The lowest BCUT2D eigenvalue weighted by atomic mass is 10.4. The van der Waals surface area contributed by atoms with E-state index in [1.165, 1.54) is 10.8 Å². The fourth-order valence-corrected chi connectivity index (χ4v) is 0.910. The van der Waals surface area contributed by atoms with Crippen molar-refractivity contribution < 1.29 is 0 Å². The van der Waals surface area contributed by atoms with Gasteiger partial charge in [0.1, 0.15) is 0 Å². The molecular weight excluding hydrogens is 142 g/mol. The molecule has 0 fully saturated rings. The van der Waals surface area contributed by atoms with Gasteiger partial charge < -0.3 is 5.73 Å². The molecule has 0 aliphatic rings. The van der Waals surface area contributed by atoms with Crippen LogP contribution in [0.5, 0.6) is 0 Å². The van der Waals surface area contributed by atoms with Gasteiger partial charge in [-0.2, -0.15) is 0 Å². The number of rotatable bonds is 1. The summed E-state index contributed by atoms with van der Waals surface area (Å²) in [4.78, 5) is 15.1. The highest BCUT2D eigenvalue weighted by molar-refractivity contribution is 5.19. The third-order valence-electron chi connectivity index (χ3n) is 1.57. The fourth-order valence-electron chi connectivity index (χ4n) is 0.910.